The van der Waals surface area contributed by atoms with Gasteiger partial charge < -0.3 is 5.32 Å². The Morgan fingerprint density at radius 2 is 1.79 bits per heavy atom. The summed E-state index contributed by atoms with van der Waals surface area (Å²) in [6.45, 7) is 1.70. The van der Waals surface area contributed by atoms with Crippen molar-refractivity contribution in [2.24, 2.45) is 0 Å². The van der Waals surface area contributed by atoms with Crippen LogP contribution in [0, 0.1) is 0 Å². The predicted octanol–water partition coefficient (Wildman–Crippen LogP) is 2.99. The van der Waals surface area contributed by atoms with Crippen molar-refractivity contribution in [1.29, 1.82) is 0 Å². The summed E-state index contributed by atoms with van der Waals surface area (Å²) in [5, 5.41) is 2.79. The summed E-state index contributed by atoms with van der Waals surface area (Å²) in [7, 11) is 1.64. The van der Waals surface area contributed by atoms with E-state index in [2.05, 4.69) is 5.32 Å². The highest BCUT2D eigenvalue weighted by Crippen LogP contribution is 2.34. The topological polar surface area (TPSA) is 12.0 Å². The zero-order chi connectivity index (χ0) is 10.8. The van der Waals surface area contributed by atoms with Crippen molar-refractivity contribution in [3.05, 3.63) is 35.4 Å². The number of hydrogen-bond donors (Lipinski definition) is 1. The zero-order valence-corrected chi connectivity index (χ0v) is 8.02. The van der Waals surface area contributed by atoms with Crippen LogP contribution in [0.4, 0.5) is 13.2 Å². The molecule has 0 fully saturated rings. The minimum atomic E-state index is -4.28. The maximum atomic E-state index is 12.5. The van der Waals surface area contributed by atoms with E-state index in [1.807, 2.05) is 0 Å². The second-order valence-electron chi connectivity index (χ2n) is 3.10. The van der Waals surface area contributed by atoms with E-state index < -0.39 is 11.7 Å². The molecule has 1 rings (SSSR count). The SMILES string of the molecule is CN[C@H](C)c1ccccc1C(F)(F)F. The first-order valence-electron chi connectivity index (χ1n) is 4.30. The molecule has 4 heteroatoms. The lowest BCUT2D eigenvalue weighted by Gasteiger charge is -2.17. The molecule has 0 aliphatic rings. The highest BCUT2D eigenvalue weighted by atomic mass is 19.4. The van der Waals surface area contributed by atoms with Gasteiger partial charge in [-0.3, -0.25) is 0 Å². The van der Waals surface area contributed by atoms with Gasteiger partial charge in [0.2, 0.25) is 0 Å². The van der Waals surface area contributed by atoms with Crippen LogP contribution in [-0.2, 0) is 6.18 Å². The molecule has 1 aromatic rings. The Balaban J connectivity index is 3.16. The third-order valence-electron chi connectivity index (χ3n) is 2.17. The van der Waals surface area contributed by atoms with Gasteiger partial charge in [-0.25, -0.2) is 0 Å². The van der Waals surface area contributed by atoms with Crippen LogP contribution >= 0.6 is 0 Å². The first-order chi connectivity index (χ1) is 6.46. The van der Waals surface area contributed by atoms with Crippen molar-refractivity contribution < 1.29 is 13.2 Å². The lowest BCUT2D eigenvalue weighted by Crippen LogP contribution is -2.18. The van der Waals surface area contributed by atoms with Gasteiger partial charge in [-0.2, -0.15) is 13.2 Å². The van der Waals surface area contributed by atoms with E-state index in [1.54, 1.807) is 20.0 Å². The van der Waals surface area contributed by atoms with Gasteiger partial charge in [0.05, 0.1) is 5.56 Å². The Kier molecular flexibility index (Phi) is 3.16. The average molecular weight is 203 g/mol. The molecule has 1 nitrogen and oxygen atoms in total. The third kappa shape index (κ3) is 2.26. The van der Waals surface area contributed by atoms with E-state index in [4.69, 9.17) is 0 Å². The molecule has 0 unspecified atom stereocenters. The zero-order valence-electron chi connectivity index (χ0n) is 8.02. The van der Waals surface area contributed by atoms with Gasteiger partial charge in [0.25, 0.3) is 0 Å². The molecule has 1 N–H and O–H groups in total. The Bertz CT molecular complexity index is 306. The molecule has 0 amide bonds. The van der Waals surface area contributed by atoms with E-state index in [-0.39, 0.29) is 11.6 Å². The van der Waals surface area contributed by atoms with E-state index in [9.17, 15) is 13.2 Å². The smallest absolute Gasteiger partial charge is 0.313 e. The molecule has 0 radical (unpaired) electrons. The quantitative estimate of drug-likeness (QED) is 0.779. The lowest BCUT2D eigenvalue weighted by molar-refractivity contribution is -0.138. The molecule has 0 bridgehead atoms. The van der Waals surface area contributed by atoms with Gasteiger partial charge in [-0.05, 0) is 25.6 Å². The van der Waals surface area contributed by atoms with Gasteiger partial charge in [-0.1, -0.05) is 18.2 Å². The molecule has 0 aromatic heterocycles. The van der Waals surface area contributed by atoms with E-state index in [0.717, 1.165) is 6.07 Å². The number of hydrogen-bond acceptors (Lipinski definition) is 1. The van der Waals surface area contributed by atoms with Crippen molar-refractivity contribution >= 4 is 0 Å². The Labute approximate surface area is 80.9 Å². The number of halogens is 3. The molecule has 0 saturated heterocycles. The second-order valence-corrected chi connectivity index (χ2v) is 3.10. The van der Waals surface area contributed by atoms with Gasteiger partial charge in [0.15, 0.2) is 0 Å². The summed E-state index contributed by atoms with van der Waals surface area (Å²) in [6, 6.07) is 5.30. The number of nitrogens with one attached hydrogen (secondary N) is 1. The number of alkyl halides is 3. The molecule has 0 saturated carbocycles. The lowest BCUT2D eigenvalue weighted by atomic mass is 10.0. The molecule has 0 aliphatic heterocycles. The van der Waals surface area contributed by atoms with Crippen molar-refractivity contribution in [1.82, 2.24) is 5.32 Å². The van der Waals surface area contributed by atoms with Crippen LogP contribution in [0.1, 0.15) is 24.1 Å². The largest absolute Gasteiger partial charge is 0.416 e. The van der Waals surface area contributed by atoms with Gasteiger partial charge in [0, 0.05) is 6.04 Å². The molecular weight excluding hydrogens is 191 g/mol. The Hall–Kier alpha value is -1.03. The van der Waals surface area contributed by atoms with Crippen molar-refractivity contribution in [3.8, 4) is 0 Å². The highest BCUT2D eigenvalue weighted by molar-refractivity contribution is 5.31. The first kappa shape index (κ1) is 11.0. The minimum absolute atomic E-state index is 0.280. The van der Waals surface area contributed by atoms with Gasteiger partial charge in [-0.15, -0.1) is 0 Å². The maximum Gasteiger partial charge on any atom is 0.416 e. The summed E-state index contributed by atoms with van der Waals surface area (Å²) in [4.78, 5) is 0. The molecule has 1 aromatic carbocycles. The van der Waals surface area contributed by atoms with Crippen molar-refractivity contribution in [2.75, 3.05) is 7.05 Å². The van der Waals surface area contributed by atoms with Crippen LogP contribution in [0.2, 0.25) is 0 Å². The average Bonchev–Trinajstić information content (AvgIpc) is 2.15. The molecule has 0 spiro atoms. The standard InChI is InChI=1S/C10H12F3N/c1-7(14-2)8-5-3-4-6-9(8)10(11,12)13/h3-7,14H,1-2H3/t7-/m1/s1. The summed E-state index contributed by atoms with van der Waals surface area (Å²) in [5.41, 5.74) is -0.288. The first-order valence-corrected chi connectivity index (χ1v) is 4.30. The van der Waals surface area contributed by atoms with Crippen LogP contribution < -0.4 is 5.32 Å². The second kappa shape index (κ2) is 4.00. The fourth-order valence-corrected chi connectivity index (χ4v) is 1.29. The molecule has 0 heterocycles. The molecule has 78 valence electrons. The van der Waals surface area contributed by atoms with Gasteiger partial charge >= 0.3 is 6.18 Å². The van der Waals surface area contributed by atoms with Crippen LogP contribution in [0.5, 0.6) is 0 Å². The summed E-state index contributed by atoms with van der Waals surface area (Å²) < 4.78 is 37.6. The van der Waals surface area contributed by atoms with Crippen LogP contribution in [-0.4, -0.2) is 7.05 Å². The highest BCUT2D eigenvalue weighted by Gasteiger charge is 2.33. The number of benzene rings is 1. The van der Waals surface area contributed by atoms with Crippen LogP contribution in [0.15, 0.2) is 24.3 Å². The summed E-state index contributed by atoms with van der Waals surface area (Å²) in [6.07, 6.45) is -4.28. The Morgan fingerprint density at radius 1 is 1.21 bits per heavy atom. The maximum absolute atomic E-state index is 12.5. The summed E-state index contributed by atoms with van der Waals surface area (Å²) >= 11 is 0. The molecule has 1 atom stereocenters. The normalized spacial score (nSPS) is 14.1. The fourth-order valence-electron chi connectivity index (χ4n) is 1.29. The monoisotopic (exact) mass is 203 g/mol. The van der Waals surface area contributed by atoms with Crippen molar-refractivity contribution in [3.63, 3.8) is 0 Å². The number of rotatable bonds is 2. The Morgan fingerprint density at radius 3 is 2.29 bits per heavy atom. The van der Waals surface area contributed by atoms with Crippen molar-refractivity contribution in [2.45, 2.75) is 19.1 Å². The predicted molar refractivity (Wildman–Crippen MR) is 48.9 cm³/mol. The minimum Gasteiger partial charge on any atom is -0.313 e. The fraction of sp³-hybridized carbons (Fsp3) is 0.400. The molecule has 14 heavy (non-hydrogen) atoms. The van der Waals surface area contributed by atoms with Crippen LogP contribution in [0.25, 0.3) is 0 Å². The van der Waals surface area contributed by atoms with E-state index >= 15 is 0 Å². The van der Waals surface area contributed by atoms with E-state index in [0.29, 0.717) is 0 Å². The van der Waals surface area contributed by atoms with E-state index in [1.165, 1.54) is 12.1 Å². The molecule has 0 aliphatic carbocycles. The third-order valence-corrected chi connectivity index (χ3v) is 2.17. The summed E-state index contributed by atoms with van der Waals surface area (Å²) in [5.74, 6) is 0. The molecular formula is C10H12F3N. The van der Waals surface area contributed by atoms with Gasteiger partial charge in [0.1, 0.15) is 0 Å². The van der Waals surface area contributed by atoms with Crippen LogP contribution in [0.3, 0.4) is 0 Å².